The minimum atomic E-state index is -3.34. The van der Waals surface area contributed by atoms with E-state index >= 15 is 0 Å². The maximum Gasteiger partial charge on any atom is 0.307 e. The van der Waals surface area contributed by atoms with Gasteiger partial charge in [-0.3, -0.25) is 13.9 Å². The normalized spacial score (nSPS) is 25.6. The smallest absolute Gasteiger partial charge is 0.307 e. The van der Waals surface area contributed by atoms with Crippen LogP contribution in [0.25, 0.3) is 0 Å². The van der Waals surface area contributed by atoms with Crippen LogP contribution in [-0.2, 0) is 19.6 Å². The first-order valence-corrected chi connectivity index (χ1v) is 9.92. The topological polar surface area (TPSA) is 113 Å². The number of hydrogen-bond donors (Lipinski definition) is 2. The Balaban J connectivity index is 1.80. The van der Waals surface area contributed by atoms with E-state index in [0.717, 1.165) is 0 Å². The molecule has 2 N–H and O–H groups in total. The third-order valence-corrected chi connectivity index (χ3v) is 7.05. The zero-order valence-electron chi connectivity index (χ0n) is 14.9. The molecule has 1 saturated carbocycles. The summed E-state index contributed by atoms with van der Waals surface area (Å²) < 4.78 is 30.8. The van der Waals surface area contributed by atoms with Gasteiger partial charge in [0.05, 0.1) is 30.4 Å². The molecule has 0 bridgehead atoms. The first-order chi connectivity index (χ1) is 12.1. The number of carboxylic acids is 1. The van der Waals surface area contributed by atoms with Gasteiger partial charge in [0.1, 0.15) is 5.75 Å². The Morgan fingerprint density at radius 3 is 2.50 bits per heavy atom. The zero-order valence-corrected chi connectivity index (χ0v) is 15.7. The number of carbonyl (C=O) groups excluding carboxylic acids is 1. The van der Waals surface area contributed by atoms with Crippen molar-refractivity contribution in [2.75, 3.05) is 29.0 Å². The maximum absolute atomic E-state index is 12.4. The molecule has 2 atom stereocenters. The highest BCUT2D eigenvalue weighted by atomic mass is 32.2. The number of sulfonamides is 1. The van der Waals surface area contributed by atoms with Crippen molar-refractivity contribution in [3.05, 3.63) is 18.2 Å². The lowest BCUT2D eigenvalue weighted by atomic mass is 10.1. The number of nitrogens with one attached hydrogen (secondary N) is 1. The zero-order chi connectivity index (χ0) is 19.3. The molecular formula is C17H22N2O6S. The summed E-state index contributed by atoms with van der Waals surface area (Å²) in [6, 6.07) is 4.73. The van der Waals surface area contributed by atoms with E-state index in [-0.39, 0.29) is 11.7 Å². The first-order valence-electron chi connectivity index (χ1n) is 8.31. The Morgan fingerprint density at radius 2 is 2.00 bits per heavy atom. The lowest BCUT2D eigenvalue weighted by molar-refractivity contribution is -0.140. The van der Waals surface area contributed by atoms with Crippen molar-refractivity contribution in [2.24, 2.45) is 17.3 Å². The van der Waals surface area contributed by atoms with Crippen molar-refractivity contribution in [2.45, 2.75) is 20.3 Å². The molecule has 9 heteroatoms. The van der Waals surface area contributed by atoms with Crippen LogP contribution in [0.5, 0.6) is 5.75 Å². The Kier molecular flexibility index (Phi) is 4.38. The summed E-state index contributed by atoms with van der Waals surface area (Å²) in [7, 11) is -1.92. The number of ether oxygens (including phenoxy) is 1. The van der Waals surface area contributed by atoms with E-state index in [2.05, 4.69) is 5.32 Å². The Bertz CT molecular complexity index is 864. The molecule has 142 valence electrons. The monoisotopic (exact) mass is 382 g/mol. The average molecular weight is 382 g/mol. The summed E-state index contributed by atoms with van der Waals surface area (Å²) in [5, 5.41) is 11.9. The lowest BCUT2D eigenvalue weighted by Crippen LogP contribution is -2.25. The molecule has 1 saturated heterocycles. The van der Waals surface area contributed by atoms with Crippen molar-refractivity contribution < 1.29 is 27.9 Å². The molecule has 3 rings (SSSR count). The maximum atomic E-state index is 12.4. The molecule has 1 heterocycles. The highest BCUT2D eigenvalue weighted by Gasteiger charge is 2.65. The van der Waals surface area contributed by atoms with Crippen molar-refractivity contribution >= 4 is 33.3 Å². The Morgan fingerprint density at radius 1 is 1.31 bits per heavy atom. The second-order valence-electron chi connectivity index (χ2n) is 7.23. The summed E-state index contributed by atoms with van der Waals surface area (Å²) in [6.07, 6.45) is 0.553. The highest BCUT2D eigenvalue weighted by molar-refractivity contribution is 7.93. The summed E-state index contributed by atoms with van der Waals surface area (Å²) in [5.74, 6) is -2.24. The SMILES string of the molecule is COc1cc(NC(=O)[C@@H]2[C@H](C(=O)O)C2(C)C)ccc1N1CCCS1(=O)=O. The molecular weight excluding hydrogens is 360 g/mol. The van der Waals surface area contributed by atoms with E-state index in [1.165, 1.54) is 11.4 Å². The fourth-order valence-electron chi connectivity index (χ4n) is 3.68. The molecule has 2 aliphatic rings. The summed E-state index contributed by atoms with van der Waals surface area (Å²) in [5.41, 5.74) is 0.265. The van der Waals surface area contributed by atoms with Crippen LogP contribution in [0, 0.1) is 17.3 Å². The van der Waals surface area contributed by atoms with Crippen LogP contribution in [-0.4, -0.2) is 44.8 Å². The number of carbonyl (C=O) groups is 2. The molecule has 0 aromatic heterocycles. The predicted octanol–water partition coefficient (Wildman–Crippen LogP) is 1.53. The third kappa shape index (κ3) is 3.00. The van der Waals surface area contributed by atoms with E-state index in [4.69, 9.17) is 4.74 Å². The van der Waals surface area contributed by atoms with Crippen LogP contribution in [0.2, 0.25) is 0 Å². The number of rotatable bonds is 5. The lowest BCUT2D eigenvalue weighted by Gasteiger charge is -2.20. The number of hydrogen-bond acceptors (Lipinski definition) is 5. The van der Waals surface area contributed by atoms with Gasteiger partial charge in [0.15, 0.2) is 0 Å². The number of nitrogens with zero attached hydrogens (tertiary/aromatic N) is 1. The number of benzene rings is 1. The van der Waals surface area contributed by atoms with E-state index in [9.17, 15) is 23.1 Å². The third-order valence-electron chi connectivity index (χ3n) is 5.19. The van der Waals surface area contributed by atoms with Crippen molar-refractivity contribution in [1.82, 2.24) is 0 Å². The van der Waals surface area contributed by atoms with Crippen LogP contribution in [0.1, 0.15) is 20.3 Å². The van der Waals surface area contributed by atoms with E-state index in [1.807, 2.05) is 0 Å². The Labute approximate surface area is 152 Å². The van der Waals surface area contributed by atoms with Gasteiger partial charge in [-0.05, 0) is 24.0 Å². The van der Waals surface area contributed by atoms with E-state index in [1.54, 1.807) is 32.0 Å². The number of amides is 1. The molecule has 8 nitrogen and oxygen atoms in total. The van der Waals surface area contributed by atoms with Crippen LogP contribution in [0.15, 0.2) is 18.2 Å². The van der Waals surface area contributed by atoms with Crippen molar-refractivity contribution in [3.63, 3.8) is 0 Å². The quantitative estimate of drug-likeness (QED) is 0.798. The van der Waals surface area contributed by atoms with Gasteiger partial charge in [-0.15, -0.1) is 0 Å². The fourth-order valence-corrected chi connectivity index (χ4v) is 5.25. The number of anilines is 2. The second-order valence-corrected chi connectivity index (χ2v) is 9.25. The van der Waals surface area contributed by atoms with Gasteiger partial charge in [0, 0.05) is 18.3 Å². The molecule has 1 aromatic rings. The van der Waals surface area contributed by atoms with Gasteiger partial charge >= 0.3 is 5.97 Å². The number of methoxy groups -OCH3 is 1. The van der Waals surface area contributed by atoms with Gasteiger partial charge in [0.25, 0.3) is 0 Å². The second kappa shape index (κ2) is 6.15. The minimum absolute atomic E-state index is 0.0992. The van der Waals surface area contributed by atoms with Crippen LogP contribution < -0.4 is 14.4 Å². The molecule has 1 aliphatic carbocycles. The van der Waals surface area contributed by atoms with Crippen molar-refractivity contribution in [3.8, 4) is 5.75 Å². The summed E-state index contributed by atoms with van der Waals surface area (Å²) in [6.45, 7) is 3.89. The van der Waals surface area contributed by atoms with Gasteiger partial charge in [-0.25, -0.2) is 8.42 Å². The van der Waals surface area contributed by atoms with Gasteiger partial charge in [-0.1, -0.05) is 13.8 Å². The molecule has 1 amide bonds. The fraction of sp³-hybridized carbons (Fsp3) is 0.529. The van der Waals surface area contributed by atoms with Crippen LogP contribution >= 0.6 is 0 Å². The molecule has 0 radical (unpaired) electrons. The van der Waals surface area contributed by atoms with Gasteiger partial charge < -0.3 is 15.2 Å². The van der Waals surface area contributed by atoms with Gasteiger partial charge in [-0.2, -0.15) is 0 Å². The first kappa shape index (κ1) is 18.5. The summed E-state index contributed by atoms with van der Waals surface area (Å²) >= 11 is 0. The average Bonchev–Trinajstić information content (AvgIpc) is 2.97. The Hall–Kier alpha value is -2.29. The highest BCUT2D eigenvalue weighted by Crippen LogP contribution is 2.58. The number of aliphatic carboxylic acids is 1. The van der Waals surface area contributed by atoms with Gasteiger partial charge in [0.2, 0.25) is 15.9 Å². The van der Waals surface area contributed by atoms with Crippen LogP contribution in [0.4, 0.5) is 11.4 Å². The van der Waals surface area contributed by atoms with Crippen LogP contribution in [0.3, 0.4) is 0 Å². The largest absolute Gasteiger partial charge is 0.494 e. The van der Waals surface area contributed by atoms with E-state index < -0.39 is 33.2 Å². The molecule has 1 aromatic carbocycles. The standard InChI is InChI=1S/C17H22N2O6S/c1-17(2)13(14(17)16(21)22)15(20)18-10-5-6-11(12(9-10)25-3)19-7-4-8-26(19,23)24/h5-6,9,13-14H,4,7-8H2,1-3H3,(H,18,20)(H,21,22)/t13-,14+/m0/s1. The minimum Gasteiger partial charge on any atom is -0.494 e. The summed E-state index contributed by atoms with van der Waals surface area (Å²) in [4.78, 5) is 23.7. The number of carboxylic acid groups (broad SMARTS) is 1. The molecule has 1 aliphatic heterocycles. The molecule has 0 unspecified atom stereocenters. The van der Waals surface area contributed by atoms with E-state index in [0.29, 0.717) is 30.1 Å². The molecule has 2 fully saturated rings. The predicted molar refractivity (Wildman–Crippen MR) is 95.8 cm³/mol. The molecule has 0 spiro atoms. The van der Waals surface area contributed by atoms with Crippen molar-refractivity contribution in [1.29, 1.82) is 0 Å². The molecule has 26 heavy (non-hydrogen) atoms.